The van der Waals surface area contributed by atoms with Crippen molar-refractivity contribution in [1.29, 1.82) is 0 Å². The monoisotopic (exact) mass is 207 g/mol. The lowest BCUT2D eigenvalue weighted by Gasteiger charge is -2.09. The second kappa shape index (κ2) is 5.46. The summed E-state index contributed by atoms with van der Waals surface area (Å²) >= 11 is 1.58. The third kappa shape index (κ3) is 3.23. The van der Waals surface area contributed by atoms with Crippen LogP contribution in [-0.4, -0.2) is 11.9 Å². The smallest absolute Gasteiger partial charge is 0.226 e. The van der Waals surface area contributed by atoms with Crippen molar-refractivity contribution in [1.82, 2.24) is 5.32 Å². The molecular formula is C11H13NOS. The van der Waals surface area contributed by atoms with Gasteiger partial charge in [-0.05, 0) is 17.9 Å². The van der Waals surface area contributed by atoms with E-state index in [1.165, 1.54) is 0 Å². The minimum Gasteiger partial charge on any atom is -0.342 e. The van der Waals surface area contributed by atoms with Gasteiger partial charge in [-0.15, -0.1) is 17.8 Å². The van der Waals surface area contributed by atoms with E-state index >= 15 is 0 Å². The first-order valence-electron chi connectivity index (χ1n) is 4.54. The molecular weight excluding hydrogens is 194 g/mol. The van der Waals surface area contributed by atoms with Crippen molar-refractivity contribution in [3.8, 4) is 12.3 Å². The summed E-state index contributed by atoms with van der Waals surface area (Å²) in [5.41, 5.74) is 0. The summed E-state index contributed by atoms with van der Waals surface area (Å²) in [7, 11) is 0. The minimum atomic E-state index is -0.137. The number of hydrogen-bond acceptors (Lipinski definition) is 2. The van der Waals surface area contributed by atoms with Gasteiger partial charge >= 0.3 is 0 Å². The van der Waals surface area contributed by atoms with Crippen LogP contribution in [0.25, 0.3) is 0 Å². The molecule has 0 saturated heterocycles. The van der Waals surface area contributed by atoms with Crippen LogP contribution >= 0.6 is 11.3 Å². The maximum Gasteiger partial charge on any atom is 0.226 e. The highest BCUT2D eigenvalue weighted by Crippen LogP contribution is 2.08. The number of amides is 1. The van der Waals surface area contributed by atoms with E-state index in [1.54, 1.807) is 11.3 Å². The van der Waals surface area contributed by atoms with Gasteiger partial charge in [-0.3, -0.25) is 4.79 Å². The summed E-state index contributed by atoms with van der Waals surface area (Å²) in [4.78, 5) is 12.5. The quantitative estimate of drug-likeness (QED) is 0.750. The average molecular weight is 207 g/mol. The molecule has 1 N–H and O–H groups in total. The highest BCUT2D eigenvalue weighted by molar-refractivity contribution is 7.10. The van der Waals surface area contributed by atoms with Crippen molar-refractivity contribution in [2.24, 2.45) is 0 Å². The average Bonchev–Trinajstić information content (AvgIpc) is 2.66. The Kier molecular flexibility index (Phi) is 4.21. The molecule has 1 unspecified atom stereocenters. The van der Waals surface area contributed by atoms with Crippen molar-refractivity contribution < 1.29 is 4.79 Å². The number of terminal acetylenes is 1. The van der Waals surface area contributed by atoms with E-state index in [0.29, 0.717) is 6.42 Å². The number of carbonyl (C=O) groups is 1. The van der Waals surface area contributed by atoms with E-state index in [0.717, 1.165) is 11.3 Å². The molecule has 0 aliphatic carbocycles. The lowest BCUT2D eigenvalue weighted by Crippen LogP contribution is -2.34. The van der Waals surface area contributed by atoms with Gasteiger partial charge in [-0.25, -0.2) is 0 Å². The number of nitrogens with one attached hydrogen (secondary N) is 1. The van der Waals surface area contributed by atoms with Crippen LogP contribution in [0.15, 0.2) is 17.5 Å². The Bertz CT molecular complexity index is 324. The molecule has 0 saturated carbocycles. The van der Waals surface area contributed by atoms with Crippen molar-refractivity contribution >= 4 is 17.2 Å². The van der Waals surface area contributed by atoms with Gasteiger partial charge in [0, 0.05) is 4.88 Å². The molecule has 1 heterocycles. The molecule has 0 aromatic carbocycles. The first-order valence-corrected chi connectivity index (χ1v) is 5.42. The van der Waals surface area contributed by atoms with E-state index in [-0.39, 0.29) is 11.9 Å². The van der Waals surface area contributed by atoms with Gasteiger partial charge in [0.25, 0.3) is 0 Å². The number of rotatable bonds is 4. The van der Waals surface area contributed by atoms with Crippen molar-refractivity contribution in [2.75, 3.05) is 0 Å². The van der Waals surface area contributed by atoms with Crippen LogP contribution in [0.5, 0.6) is 0 Å². The fourth-order valence-electron chi connectivity index (χ4n) is 1.08. The normalized spacial score (nSPS) is 11.7. The zero-order valence-corrected chi connectivity index (χ0v) is 8.93. The van der Waals surface area contributed by atoms with E-state index in [4.69, 9.17) is 6.42 Å². The summed E-state index contributed by atoms with van der Waals surface area (Å²) in [6, 6.07) is 3.75. The fraction of sp³-hybridized carbons (Fsp3) is 0.364. The van der Waals surface area contributed by atoms with Crippen LogP contribution in [0.4, 0.5) is 0 Å². The fourth-order valence-corrected chi connectivity index (χ4v) is 1.78. The van der Waals surface area contributed by atoms with E-state index in [1.807, 2.05) is 24.4 Å². The third-order valence-corrected chi connectivity index (χ3v) is 2.74. The Hall–Kier alpha value is -1.27. The molecule has 2 nitrogen and oxygen atoms in total. The molecule has 0 bridgehead atoms. The number of thiophene rings is 1. The topological polar surface area (TPSA) is 29.1 Å². The standard InChI is InChI=1S/C11H13NOS/c1-3-9(4-2)12-11(13)8-10-6-5-7-14-10/h1,5-7,9H,4,8H2,2H3,(H,12,13). The van der Waals surface area contributed by atoms with Crippen LogP contribution in [0.1, 0.15) is 18.2 Å². The van der Waals surface area contributed by atoms with Crippen LogP contribution in [0.2, 0.25) is 0 Å². The molecule has 0 aliphatic rings. The molecule has 74 valence electrons. The molecule has 0 radical (unpaired) electrons. The number of carbonyl (C=O) groups excluding carboxylic acids is 1. The summed E-state index contributed by atoms with van der Waals surface area (Å²) < 4.78 is 0. The van der Waals surface area contributed by atoms with Crippen molar-refractivity contribution in [3.05, 3.63) is 22.4 Å². The minimum absolute atomic E-state index is 0.00255. The van der Waals surface area contributed by atoms with E-state index in [9.17, 15) is 4.79 Å². The van der Waals surface area contributed by atoms with Crippen LogP contribution in [-0.2, 0) is 11.2 Å². The molecule has 0 spiro atoms. The second-order valence-electron chi connectivity index (χ2n) is 2.95. The molecule has 0 fully saturated rings. The summed E-state index contributed by atoms with van der Waals surface area (Å²) in [6.07, 6.45) is 6.44. The Balaban J connectivity index is 2.40. The van der Waals surface area contributed by atoms with Gasteiger partial charge in [0.05, 0.1) is 12.5 Å². The molecule has 0 aliphatic heterocycles. The third-order valence-electron chi connectivity index (χ3n) is 1.86. The Labute approximate surface area is 88.3 Å². The van der Waals surface area contributed by atoms with Crippen LogP contribution < -0.4 is 5.32 Å². The Morgan fingerprint density at radius 3 is 3.07 bits per heavy atom. The molecule has 1 aromatic heterocycles. The van der Waals surface area contributed by atoms with Gasteiger partial charge in [-0.1, -0.05) is 18.9 Å². The molecule has 3 heteroatoms. The lowest BCUT2D eigenvalue weighted by atomic mass is 10.2. The SMILES string of the molecule is C#CC(CC)NC(=O)Cc1cccs1. The predicted molar refractivity (Wildman–Crippen MR) is 59.1 cm³/mol. The van der Waals surface area contributed by atoms with E-state index in [2.05, 4.69) is 11.2 Å². The van der Waals surface area contributed by atoms with Crippen molar-refractivity contribution in [3.63, 3.8) is 0 Å². The van der Waals surface area contributed by atoms with Crippen LogP contribution in [0, 0.1) is 12.3 Å². The molecule has 14 heavy (non-hydrogen) atoms. The molecule has 1 amide bonds. The first-order chi connectivity index (χ1) is 6.76. The van der Waals surface area contributed by atoms with E-state index < -0.39 is 0 Å². The summed E-state index contributed by atoms with van der Waals surface area (Å²) in [6.45, 7) is 1.95. The lowest BCUT2D eigenvalue weighted by molar-refractivity contribution is -0.120. The van der Waals surface area contributed by atoms with Gasteiger partial charge in [-0.2, -0.15) is 0 Å². The zero-order valence-electron chi connectivity index (χ0n) is 8.12. The molecule has 1 atom stereocenters. The molecule has 1 aromatic rings. The second-order valence-corrected chi connectivity index (χ2v) is 3.98. The largest absolute Gasteiger partial charge is 0.342 e. The van der Waals surface area contributed by atoms with Gasteiger partial charge < -0.3 is 5.32 Å². The highest BCUT2D eigenvalue weighted by atomic mass is 32.1. The Morgan fingerprint density at radius 2 is 2.57 bits per heavy atom. The maximum atomic E-state index is 11.4. The van der Waals surface area contributed by atoms with Gasteiger partial charge in [0.15, 0.2) is 0 Å². The predicted octanol–water partition coefficient (Wildman–Crippen LogP) is 1.82. The van der Waals surface area contributed by atoms with Gasteiger partial charge in [0.2, 0.25) is 5.91 Å². The number of hydrogen-bond donors (Lipinski definition) is 1. The Morgan fingerprint density at radius 1 is 1.79 bits per heavy atom. The zero-order chi connectivity index (χ0) is 10.4. The first kappa shape index (κ1) is 10.8. The maximum absolute atomic E-state index is 11.4. The summed E-state index contributed by atoms with van der Waals surface area (Å²) in [5.74, 6) is 2.53. The summed E-state index contributed by atoms with van der Waals surface area (Å²) in [5, 5.41) is 4.75. The highest BCUT2D eigenvalue weighted by Gasteiger charge is 2.08. The molecule has 1 rings (SSSR count). The van der Waals surface area contributed by atoms with Crippen LogP contribution in [0.3, 0.4) is 0 Å². The van der Waals surface area contributed by atoms with Crippen molar-refractivity contribution in [2.45, 2.75) is 25.8 Å². The van der Waals surface area contributed by atoms with Gasteiger partial charge in [0.1, 0.15) is 0 Å².